The Balaban J connectivity index is 2.18. The van der Waals surface area contributed by atoms with E-state index in [1.165, 1.54) is 6.20 Å². The van der Waals surface area contributed by atoms with Crippen molar-refractivity contribution in [1.29, 1.82) is 0 Å². The van der Waals surface area contributed by atoms with Gasteiger partial charge in [0.15, 0.2) is 9.84 Å². The third kappa shape index (κ3) is 3.94. The van der Waals surface area contributed by atoms with Crippen LogP contribution in [-0.4, -0.2) is 54.9 Å². The molecule has 1 aromatic heterocycles. The molecule has 0 spiro atoms. The Bertz CT molecular complexity index is 633. The van der Waals surface area contributed by atoms with E-state index in [2.05, 4.69) is 15.3 Å². The lowest BCUT2D eigenvalue weighted by Crippen LogP contribution is -2.38. The van der Waals surface area contributed by atoms with Crippen molar-refractivity contribution in [2.45, 2.75) is 32.7 Å². The Labute approximate surface area is 131 Å². The van der Waals surface area contributed by atoms with Crippen LogP contribution in [0.25, 0.3) is 0 Å². The smallest absolute Gasteiger partial charge is 0.270 e. The van der Waals surface area contributed by atoms with E-state index < -0.39 is 9.84 Å². The number of sulfone groups is 1. The molecule has 1 atom stereocenters. The average Bonchev–Trinajstić information content (AvgIpc) is 2.86. The van der Waals surface area contributed by atoms with Gasteiger partial charge in [0.1, 0.15) is 5.69 Å². The first-order valence-corrected chi connectivity index (χ1v) is 9.37. The van der Waals surface area contributed by atoms with Gasteiger partial charge in [-0.3, -0.25) is 4.79 Å². The number of carbonyl (C=O) groups is 1. The number of rotatable bonds is 6. The van der Waals surface area contributed by atoms with Gasteiger partial charge in [0.05, 0.1) is 11.5 Å². The summed E-state index contributed by atoms with van der Waals surface area (Å²) in [6.07, 6.45) is 2.96. The predicted molar refractivity (Wildman–Crippen MR) is 84.7 cm³/mol. The number of amides is 1. The molecule has 0 aliphatic carbocycles. The average molecular weight is 326 g/mol. The van der Waals surface area contributed by atoms with Gasteiger partial charge in [-0.05, 0) is 25.8 Å². The number of hydrogen-bond donors (Lipinski definition) is 1. The van der Waals surface area contributed by atoms with E-state index in [1.54, 1.807) is 6.07 Å². The molecule has 1 aliphatic heterocycles. The third-order valence-corrected chi connectivity index (χ3v) is 5.41. The third-order valence-electron chi connectivity index (χ3n) is 3.66. The fourth-order valence-electron chi connectivity index (χ4n) is 2.53. The van der Waals surface area contributed by atoms with Crippen LogP contribution in [0, 0.1) is 0 Å². The molecule has 7 nitrogen and oxygen atoms in total. The first kappa shape index (κ1) is 16.7. The summed E-state index contributed by atoms with van der Waals surface area (Å²) < 4.78 is 23.3. The number of anilines is 1. The van der Waals surface area contributed by atoms with Gasteiger partial charge in [-0.15, -0.1) is 0 Å². The minimum Gasteiger partial charge on any atom is -0.351 e. The SMILES string of the molecule is CCCNC(=O)c1ccnc(N(CC)C2CCS(=O)(=O)C2)n1. The van der Waals surface area contributed by atoms with Crippen molar-refractivity contribution in [2.75, 3.05) is 29.5 Å². The molecule has 2 rings (SSSR count). The maximum Gasteiger partial charge on any atom is 0.270 e. The molecular formula is C14H22N4O3S. The normalized spacial score (nSPS) is 19.8. The maximum atomic E-state index is 12.0. The Kier molecular flexibility index (Phi) is 5.33. The zero-order valence-corrected chi connectivity index (χ0v) is 13.8. The summed E-state index contributed by atoms with van der Waals surface area (Å²) in [6.45, 7) is 5.10. The van der Waals surface area contributed by atoms with Crippen molar-refractivity contribution in [1.82, 2.24) is 15.3 Å². The number of nitrogens with one attached hydrogen (secondary N) is 1. The number of aromatic nitrogens is 2. The standard InChI is InChI=1S/C14H22N4O3S/c1-3-7-15-13(19)12-5-8-16-14(17-12)18(4-2)11-6-9-22(20,21)10-11/h5,8,11H,3-4,6-7,9-10H2,1-2H3,(H,15,19). The summed E-state index contributed by atoms with van der Waals surface area (Å²) in [4.78, 5) is 22.3. The second kappa shape index (κ2) is 7.04. The Morgan fingerprint density at radius 1 is 1.45 bits per heavy atom. The molecule has 8 heteroatoms. The van der Waals surface area contributed by atoms with Crippen LogP contribution in [0.2, 0.25) is 0 Å². The van der Waals surface area contributed by atoms with E-state index in [0.29, 0.717) is 31.2 Å². The molecule has 0 saturated carbocycles. The molecule has 1 aliphatic rings. The summed E-state index contributed by atoms with van der Waals surface area (Å²) in [5, 5.41) is 2.77. The van der Waals surface area contributed by atoms with Crippen LogP contribution in [0.15, 0.2) is 12.3 Å². The van der Waals surface area contributed by atoms with Crippen molar-refractivity contribution in [3.63, 3.8) is 0 Å². The van der Waals surface area contributed by atoms with E-state index in [4.69, 9.17) is 0 Å². The fraction of sp³-hybridized carbons (Fsp3) is 0.643. The van der Waals surface area contributed by atoms with Gasteiger partial charge in [0, 0.05) is 25.3 Å². The first-order valence-electron chi connectivity index (χ1n) is 7.55. The zero-order chi connectivity index (χ0) is 16.2. The predicted octanol–water partition coefficient (Wildman–Crippen LogP) is 0.630. The molecule has 1 fully saturated rings. The van der Waals surface area contributed by atoms with E-state index in [1.807, 2.05) is 18.7 Å². The molecule has 1 amide bonds. The van der Waals surface area contributed by atoms with Crippen LogP contribution in [0.4, 0.5) is 5.95 Å². The van der Waals surface area contributed by atoms with Crippen LogP contribution in [0.5, 0.6) is 0 Å². The highest BCUT2D eigenvalue weighted by Crippen LogP contribution is 2.21. The highest BCUT2D eigenvalue weighted by atomic mass is 32.2. The quantitative estimate of drug-likeness (QED) is 0.824. The molecule has 1 saturated heterocycles. The van der Waals surface area contributed by atoms with E-state index in [9.17, 15) is 13.2 Å². The molecule has 1 aromatic rings. The zero-order valence-electron chi connectivity index (χ0n) is 12.9. The first-order chi connectivity index (χ1) is 10.5. The molecular weight excluding hydrogens is 304 g/mol. The van der Waals surface area contributed by atoms with Gasteiger partial charge in [-0.1, -0.05) is 6.92 Å². The minimum absolute atomic E-state index is 0.121. The van der Waals surface area contributed by atoms with Crippen molar-refractivity contribution < 1.29 is 13.2 Å². The molecule has 22 heavy (non-hydrogen) atoms. The van der Waals surface area contributed by atoms with Crippen LogP contribution in [0.3, 0.4) is 0 Å². The molecule has 0 radical (unpaired) electrons. The van der Waals surface area contributed by atoms with Gasteiger partial charge in [0.2, 0.25) is 5.95 Å². The summed E-state index contributed by atoms with van der Waals surface area (Å²) >= 11 is 0. The fourth-order valence-corrected chi connectivity index (χ4v) is 4.26. The molecule has 0 bridgehead atoms. The van der Waals surface area contributed by atoms with Crippen LogP contribution < -0.4 is 10.2 Å². The summed E-state index contributed by atoms with van der Waals surface area (Å²) in [5.74, 6) is 0.496. The lowest BCUT2D eigenvalue weighted by atomic mass is 10.2. The highest BCUT2D eigenvalue weighted by Gasteiger charge is 2.33. The topological polar surface area (TPSA) is 92.3 Å². The van der Waals surface area contributed by atoms with Crippen molar-refractivity contribution in [2.24, 2.45) is 0 Å². The second-order valence-corrected chi connectivity index (χ2v) is 7.57. The Morgan fingerprint density at radius 3 is 2.82 bits per heavy atom. The summed E-state index contributed by atoms with van der Waals surface area (Å²) in [5.41, 5.74) is 0.303. The number of nitrogens with zero attached hydrogens (tertiary/aromatic N) is 3. The Hall–Kier alpha value is -1.70. The number of carbonyl (C=O) groups excluding carboxylic acids is 1. The van der Waals surface area contributed by atoms with E-state index in [-0.39, 0.29) is 23.5 Å². The second-order valence-electron chi connectivity index (χ2n) is 5.34. The van der Waals surface area contributed by atoms with Crippen molar-refractivity contribution >= 4 is 21.7 Å². The van der Waals surface area contributed by atoms with Crippen LogP contribution >= 0.6 is 0 Å². The van der Waals surface area contributed by atoms with Crippen molar-refractivity contribution in [3.8, 4) is 0 Å². The molecule has 122 valence electrons. The summed E-state index contributed by atoms with van der Waals surface area (Å²) in [7, 11) is -2.97. The van der Waals surface area contributed by atoms with Gasteiger partial charge >= 0.3 is 0 Å². The van der Waals surface area contributed by atoms with Crippen LogP contribution in [0.1, 0.15) is 37.2 Å². The van der Waals surface area contributed by atoms with E-state index >= 15 is 0 Å². The lowest BCUT2D eigenvalue weighted by molar-refractivity contribution is 0.0948. The van der Waals surface area contributed by atoms with Gasteiger partial charge in [-0.25, -0.2) is 18.4 Å². The highest BCUT2D eigenvalue weighted by molar-refractivity contribution is 7.91. The van der Waals surface area contributed by atoms with Gasteiger partial charge < -0.3 is 10.2 Å². The minimum atomic E-state index is -2.97. The van der Waals surface area contributed by atoms with Crippen molar-refractivity contribution in [3.05, 3.63) is 18.0 Å². The van der Waals surface area contributed by atoms with Gasteiger partial charge in [0.25, 0.3) is 5.91 Å². The Morgan fingerprint density at radius 2 is 2.23 bits per heavy atom. The van der Waals surface area contributed by atoms with Crippen LogP contribution in [-0.2, 0) is 9.84 Å². The largest absolute Gasteiger partial charge is 0.351 e. The van der Waals surface area contributed by atoms with Gasteiger partial charge in [-0.2, -0.15) is 0 Å². The number of hydrogen-bond acceptors (Lipinski definition) is 6. The monoisotopic (exact) mass is 326 g/mol. The molecule has 1 N–H and O–H groups in total. The lowest BCUT2D eigenvalue weighted by Gasteiger charge is -2.26. The summed E-state index contributed by atoms with van der Waals surface area (Å²) in [6, 6.07) is 1.44. The maximum absolute atomic E-state index is 12.0. The molecule has 2 heterocycles. The molecule has 0 aromatic carbocycles. The molecule has 1 unspecified atom stereocenters. The van der Waals surface area contributed by atoms with E-state index in [0.717, 1.165) is 6.42 Å².